The number of amides is 1. The Morgan fingerprint density at radius 3 is 2.74 bits per heavy atom. The van der Waals surface area contributed by atoms with E-state index in [0.29, 0.717) is 43.6 Å². The third-order valence-electron chi connectivity index (χ3n) is 3.42. The van der Waals surface area contributed by atoms with Crippen LogP contribution in [-0.2, 0) is 9.53 Å². The van der Waals surface area contributed by atoms with Gasteiger partial charge in [-0.1, -0.05) is 27.7 Å². The SMILES string of the molecule is O=C(CCSc1nnnn1-c1ccc(Br)cc1)N1CCOCC1. The number of carbonyl (C=O) groups is 1. The van der Waals surface area contributed by atoms with Crippen molar-refractivity contribution in [2.75, 3.05) is 32.1 Å². The number of ether oxygens (including phenoxy) is 1. The third-order valence-corrected chi connectivity index (χ3v) is 4.87. The minimum Gasteiger partial charge on any atom is -0.378 e. The lowest BCUT2D eigenvalue weighted by Crippen LogP contribution is -2.40. The molecule has 1 aromatic heterocycles. The third kappa shape index (κ3) is 4.30. The molecule has 0 unspecified atom stereocenters. The van der Waals surface area contributed by atoms with Crippen LogP contribution in [0, 0.1) is 0 Å². The Hall–Kier alpha value is -1.45. The van der Waals surface area contributed by atoms with Crippen molar-refractivity contribution in [1.82, 2.24) is 25.1 Å². The molecule has 0 spiro atoms. The fourth-order valence-electron chi connectivity index (χ4n) is 2.21. The van der Waals surface area contributed by atoms with Crippen LogP contribution >= 0.6 is 27.7 Å². The van der Waals surface area contributed by atoms with Crippen molar-refractivity contribution in [3.8, 4) is 5.69 Å². The number of nitrogens with zero attached hydrogens (tertiary/aromatic N) is 5. The monoisotopic (exact) mass is 397 g/mol. The van der Waals surface area contributed by atoms with Gasteiger partial charge in [0.15, 0.2) is 0 Å². The van der Waals surface area contributed by atoms with Crippen molar-refractivity contribution < 1.29 is 9.53 Å². The number of tetrazole rings is 1. The van der Waals surface area contributed by atoms with Gasteiger partial charge in [-0.3, -0.25) is 4.79 Å². The van der Waals surface area contributed by atoms with Crippen molar-refractivity contribution in [3.63, 3.8) is 0 Å². The zero-order valence-corrected chi connectivity index (χ0v) is 14.8. The number of thioether (sulfide) groups is 1. The first-order chi connectivity index (χ1) is 11.2. The van der Waals surface area contributed by atoms with Gasteiger partial charge < -0.3 is 9.64 Å². The normalized spacial score (nSPS) is 14.9. The second-order valence-corrected chi connectivity index (χ2v) is 6.92. The maximum absolute atomic E-state index is 12.1. The summed E-state index contributed by atoms with van der Waals surface area (Å²) in [5.74, 6) is 0.802. The Kier molecular flexibility index (Phi) is 5.63. The number of carbonyl (C=O) groups excluding carboxylic acids is 1. The summed E-state index contributed by atoms with van der Waals surface area (Å²) in [4.78, 5) is 14.0. The highest BCUT2D eigenvalue weighted by Gasteiger charge is 2.17. The molecular formula is C14H16BrN5O2S. The number of morpholine rings is 1. The summed E-state index contributed by atoms with van der Waals surface area (Å²) in [7, 11) is 0. The van der Waals surface area contributed by atoms with Crippen LogP contribution in [0.3, 0.4) is 0 Å². The van der Waals surface area contributed by atoms with Gasteiger partial charge in [-0.2, -0.15) is 4.68 Å². The fraction of sp³-hybridized carbons (Fsp3) is 0.429. The molecule has 1 amide bonds. The van der Waals surface area contributed by atoms with Crippen molar-refractivity contribution in [2.45, 2.75) is 11.6 Å². The van der Waals surface area contributed by atoms with E-state index in [-0.39, 0.29) is 5.91 Å². The fourth-order valence-corrected chi connectivity index (χ4v) is 3.30. The number of rotatable bonds is 5. The van der Waals surface area contributed by atoms with Crippen LogP contribution in [0.2, 0.25) is 0 Å². The Morgan fingerprint density at radius 1 is 1.26 bits per heavy atom. The summed E-state index contributed by atoms with van der Waals surface area (Å²) in [6.45, 7) is 2.61. The number of benzene rings is 1. The van der Waals surface area contributed by atoms with Crippen molar-refractivity contribution in [3.05, 3.63) is 28.7 Å². The van der Waals surface area contributed by atoms with Crippen LogP contribution in [0.25, 0.3) is 5.69 Å². The molecule has 0 radical (unpaired) electrons. The molecular weight excluding hydrogens is 382 g/mol. The first kappa shape index (κ1) is 16.4. The molecule has 1 aliphatic heterocycles. The zero-order chi connectivity index (χ0) is 16.1. The molecule has 0 bridgehead atoms. The van der Waals surface area contributed by atoms with Gasteiger partial charge in [-0.05, 0) is 34.7 Å². The number of hydrogen-bond donors (Lipinski definition) is 0. The molecule has 9 heteroatoms. The molecule has 1 saturated heterocycles. The Balaban J connectivity index is 1.56. The molecule has 1 aliphatic rings. The Bertz CT molecular complexity index is 657. The minimum atomic E-state index is 0.156. The first-order valence-electron chi connectivity index (χ1n) is 7.27. The Morgan fingerprint density at radius 2 is 2.00 bits per heavy atom. The lowest BCUT2D eigenvalue weighted by molar-refractivity contribution is -0.134. The summed E-state index contributed by atoms with van der Waals surface area (Å²) in [6, 6.07) is 7.74. The molecule has 1 fully saturated rings. The lowest BCUT2D eigenvalue weighted by atomic mass is 10.3. The summed E-state index contributed by atoms with van der Waals surface area (Å²) >= 11 is 4.89. The lowest BCUT2D eigenvalue weighted by Gasteiger charge is -2.26. The highest BCUT2D eigenvalue weighted by Crippen LogP contribution is 2.20. The van der Waals surface area contributed by atoms with Crippen molar-refractivity contribution in [2.24, 2.45) is 0 Å². The minimum absolute atomic E-state index is 0.156. The summed E-state index contributed by atoms with van der Waals surface area (Å²) in [5, 5.41) is 12.5. The van der Waals surface area contributed by atoms with E-state index in [0.717, 1.165) is 10.2 Å². The van der Waals surface area contributed by atoms with Gasteiger partial charge in [0.25, 0.3) is 0 Å². The molecule has 1 aromatic carbocycles. The molecule has 7 nitrogen and oxygen atoms in total. The van der Waals surface area contributed by atoms with Gasteiger partial charge >= 0.3 is 0 Å². The van der Waals surface area contributed by atoms with E-state index in [9.17, 15) is 4.79 Å². The molecule has 0 saturated carbocycles. The maximum Gasteiger partial charge on any atom is 0.223 e. The predicted molar refractivity (Wildman–Crippen MR) is 89.6 cm³/mol. The second-order valence-electron chi connectivity index (χ2n) is 4.94. The predicted octanol–water partition coefficient (Wildman–Crippen LogP) is 1.77. The van der Waals surface area contributed by atoms with E-state index in [2.05, 4.69) is 31.5 Å². The van der Waals surface area contributed by atoms with Crippen LogP contribution in [-0.4, -0.2) is 63.1 Å². The van der Waals surface area contributed by atoms with Crippen molar-refractivity contribution >= 4 is 33.6 Å². The average Bonchev–Trinajstić information content (AvgIpc) is 3.05. The molecule has 2 heterocycles. The zero-order valence-electron chi connectivity index (χ0n) is 12.4. The van der Waals surface area contributed by atoms with E-state index in [1.807, 2.05) is 29.2 Å². The van der Waals surface area contributed by atoms with Crippen LogP contribution in [0.1, 0.15) is 6.42 Å². The molecule has 0 aliphatic carbocycles. The van der Waals surface area contributed by atoms with Gasteiger partial charge in [0.1, 0.15) is 0 Å². The maximum atomic E-state index is 12.1. The second kappa shape index (κ2) is 7.89. The largest absolute Gasteiger partial charge is 0.378 e. The molecule has 3 rings (SSSR count). The van der Waals surface area contributed by atoms with E-state index in [4.69, 9.17) is 4.74 Å². The summed E-state index contributed by atoms with van der Waals surface area (Å²) < 4.78 is 7.93. The van der Waals surface area contributed by atoms with Gasteiger partial charge in [-0.15, -0.1) is 5.10 Å². The number of halogens is 1. The van der Waals surface area contributed by atoms with E-state index < -0.39 is 0 Å². The summed E-state index contributed by atoms with van der Waals surface area (Å²) in [5.41, 5.74) is 0.889. The molecule has 0 atom stereocenters. The van der Waals surface area contributed by atoms with Crippen LogP contribution in [0.5, 0.6) is 0 Å². The van der Waals surface area contributed by atoms with E-state index in [1.54, 1.807) is 4.68 Å². The van der Waals surface area contributed by atoms with Crippen LogP contribution < -0.4 is 0 Å². The highest BCUT2D eigenvalue weighted by atomic mass is 79.9. The molecule has 122 valence electrons. The molecule has 0 N–H and O–H groups in total. The van der Waals surface area contributed by atoms with Crippen molar-refractivity contribution in [1.29, 1.82) is 0 Å². The Labute approximate surface area is 146 Å². The van der Waals surface area contributed by atoms with E-state index >= 15 is 0 Å². The summed E-state index contributed by atoms with van der Waals surface area (Å²) in [6.07, 6.45) is 0.470. The molecule has 23 heavy (non-hydrogen) atoms. The average molecular weight is 398 g/mol. The first-order valence-corrected chi connectivity index (χ1v) is 9.04. The number of hydrogen-bond acceptors (Lipinski definition) is 6. The van der Waals surface area contributed by atoms with E-state index in [1.165, 1.54) is 11.8 Å². The number of aromatic nitrogens is 4. The topological polar surface area (TPSA) is 73.1 Å². The standard InChI is InChI=1S/C14H16BrN5O2S/c15-11-1-3-12(4-2-11)20-14(16-17-18-20)23-10-5-13(21)19-6-8-22-9-7-19/h1-4H,5-10H2. The van der Waals surface area contributed by atoms with Gasteiger partial charge in [0.2, 0.25) is 11.1 Å². The van der Waals surface area contributed by atoms with Gasteiger partial charge in [0, 0.05) is 29.7 Å². The highest BCUT2D eigenvalue weighted by molar-refractivity contribution is 9.10. The van der Waals surface area contributed by atoms with Gasteiger partial charge in [-0.25, -0.2) is 0 Å². The molecule has 2 aromatic rings. The van der Waals surface area contributed by atoms with Gasteiger partial charge in [0.05, 0.1) is 18.9 Å². The van der Waals surface area contributed by atoms with Crippen LogP contribution in [0.15, 0.2) is 33.9 Å². The smallest absolute Gasteiger partial charge is 0.223 e. The quantitative estimate of drug-likeness (QED) is 0.715. The van der Waals surface area contributed by atoms with Crippen LogP contribution in [0.4, 0.5) is 0 Å².